The van der Waals surface area contributed by atoms with E-state index in [9.17, 15) is 14.4 Å². The highest BCUT2D eigenvalue weighted by Gasteiger charge is 2.29. The van der Waals surface area contributed by atoms with Crippen LogP contribution in [0.5, 0.6) is 0 Å². The minimum atomic E-state index is -0.979. The number of hydrogen-bond donors (Lipinski definition) is 3. The summed E-state index contributed by atoms with van der Waals surface area (Å²) in [5, 5.41) is 14.0. The predicted molar refractivity (Wildman–Crippen MR) is 112 cm³/mol. The topological polar surface area (TPSA) is 105 Å². The smallest absolute Gasteiger partial charge is 0.407 e. The maximum Gasteiger partial charge on any atom is 0.407 e. The van der Waals surface area contributed by atoms with Crippen LogP contribution >= 0.6 is 0 Å². The number of nitrogens with one attached hydrogen (secondary N) is 2. The highest BCUT2D eigenvalue weighted by Crippen LogP contribution is 2.44. The summed E-state index contributed by atoms with van der Waals surface area (Å²) in [6, 6.07) is 15.3. The maximum atomic E-state index is 12.2. The zero-order valence-corrected chi connectivity index (χ0v) is 17.1. The van der Waals surface area contributed by atoms with Crippen LogP contribution in [0.4, 0.5) is 4.79 Å². The maximum absolute atomic E-state index is 12.2. The van der Waals surface area contributed by atoms with Crippen molar-refractivity contribution in [1.82, 2.24) is 10.6 Å². The molecule has 0 heterocycles. The highest BCUT2D eigenvalue weighted by molar-refractivity contribution is 5.80. The number of hydrogen-bond acceptors (Lipinski definition) is 4. The van der Waals surface area contributed by atoms with Gasteiger partial charge < -0.3 is 20.5 Å². The van der Waals surface area contributed by atoms with Crippen LogP contribution in [-0.4, -0.2) is 41.8 Å². The quantitative estimate of drug-likeness (QED) is 0.619. The molecule has 0 fully saturated rings. The third kappa shape index (κ3) is 5.17. The molecule has 0 spiro atoms. The minimum absolute atomic E-state index is 0.0291. The first-order chi connectivity index (χ1) is 14.3. The lowest BCUT2D eigenvalue weighted by atomic mass is 9.98. The van der Waals surface area contributed by atoms with Crippen molar-refractivity contribution in [3.8, 4) is 11.1 Å². The van der Waals surface area contributed by atoms with Gasteiger partial charge in [0.15, 0.2) is 0 Å². The number of alkyl carbamates (subject to hydrolysis) is 1. The molecule has 0 unspecified atom stereocenters. The van der Waals surface area contributed by atoms with Gasteiger partial charge in [-0.15, -0.1) is 0 Å². The number of carboxylic acid groups (broad SMARTS) is 1. The van der Waals surface area contributed by atoms with E-state index in [2.05, 4.69) is 22.8 Å². The molecule has 7 nitrogen and oxygen atoms in total. The van der Waals surface area contributed by atoms with Crippen LogP contribution in [0.25, 0.3) is 11.1 Å². The number of aliphatic carboxylic acids is 1. The van der Waals surface area contributed by atoms with Crippen molar-refractivity contribution in [3.63, 3.8) is 0 Å². The first-order valence-corrected chi connectivity index (χ1v) is 9.97. The SMILES string of the molecule is C[C@H](CC(=O)O)NC(=O)C[C@@H](C)NC(=O)OCC1c2ccccc2-c2ccccc21. The van der Waals surface area contributed by atoms with Crippen molar-refractivity contribution in [2.24, 2.45) is 0 Å². The molecule has 30 heavy (non-hydrogen) atoms. The van der Waals surface area contributed by atoms with E-state index in [1.54, 1.807) is 13.8 Å². The van der Waals surface area contributed by atoms with Crippen molar-refractivity contribution in [2.45, 2.75) is 44.7 Å². The Bertz CT molecular complexity index is 897. The van der Waals surface area contributed by atoms with Crippen molar-refractivity contribution in [3.05, 3.63) is 59.7 Å². The normalized spacial score (nSPS) is 14.2. The summed E-state index contributed by atoms with van der Waals surface area (Å²) < 4.78 is 5.47. The fraction of sp³-hybridized carbons (Fsp3) is 0.348. The van der Waals surface area contributed by atoms with Crippen molar-refractivity contribution in [1.29, 1.82) is 0 Å². The Balaban J connectivity index is 1.51. The summed E-state index contributed by atoms with van der Waals surface area (Å²) in [6.07, 6.45) is -0.704. The second-order valence-electron chi connectivity index (χ2n) is 7.64. The molecule has 0 saturated heterocycles. The Morgan fingerprint density at radius 3 is 2.00 bits per heavy atom. The van der Waals surface area contributed by atoms with Crippen LogP contribution in [0, 0.1) is 0 Å². The standard InChI is InChI=1S/C23H26N2O5/c1-14(11-21(26)24-15(2)12-22(27)28)25-23(29)30-13-20-18-9-5-3-7-16(18)17-8-4-6-10-19(17)20/h3-10,14-15,20H,11-13H2,1-2H3,(H,24,26)(H,25,29)(H,27,28)/t14-,15-/m1/s1. The van der Waals surface area contributed by atoms with Crippen LogP contribution < -0.4 is 10.6 Å². The fourth-order valence-corrected chi connectivity index (χ4v) is 3.82. The van der Waals surface area contributed by atoms with Crippen LogP contribution in [0.15, 0.2) is 48.5 Å². The van der Waals surface area contributed by atoms with Gasteiger partial charge in [0.25, 0.3) is 0 Å². The fourth-order valence-electron chi connectivity index (χ4n) is 3.82. The second-order valence-corrected chi connectivity index (χ2v) is 7.64. The first kappa shape index (κ1) is 21.4. The number of ether oxygens (including phenoxy) is 1. The van der Waals surface area contributed by atoms with Gasteiger partial charge in [-0.25, -0.2) is 4.79 Å². The van der Waals surface area contributed by atoms with Crippen LogP contribution in [-0.2, 0) is 14.3 Å². The summed E-state index contributed by atoms with van der Waals surface area (Å²) in [5.41, 5.74) is 4.57. The van der Waals surface area contributed by atoms with Gasteiger partial charge in [0.05, 0.1) is 6.42 Å². The van der Waals surface area contributed by atoms with E-state index in [-0.39, 0.29) is 31.3 Å². The number of carbonyl (C=O) groups is 3. The Labute approximate surface area is 175 Å². The number of carbonyl (C=O) groups excluding carboxylic acids is 2. The number of fused-ring (bicyclic) bond motifs is 3. The Morgan fingerprint density at radius 1 is 0.900 bits per heavy atom. The molecule has 0 bridgehead atoms. The van der Waals surface area contributed by atoms with Crippen LogP contribution in [0.2, 0.25) is 0 Å². The van der Waals surface area contributed by atoms with Gasteiger partial charge in [-0.3, -0.25) is 9.59 Å². The van der Waals surface area contributed by atoms with Crippen LogP contribution in [0.3, 0.4) is 0 Å². The molecular weight excluding hydrogens is 384 g/mol. The molecule has 1 aliphatic rings. The van der Waals surface area contributed by atoms with E-state index in [1.807, 2.05) is 36.4 Å². The molecule has 7 heteroatoms. The van der Waals surface area contributed by atoms with E-state index in [4.69, 9.17) is 9.84 Å². The molecule has 2 atom stereocenters. The number of benzene rings is 2. The van der Waals surface area contributed by atoms with Gasteiger partial charge in [-0.2, -0.15) is 0 Å². The molecule has 3 rings (SSSR count). The molecule has 2 amide bonds. The molecule has 3 N–H and O–H groups in total. The van der Waals surface area contributed by atoms with Crippen molar-refractivity contribution < 1.29 is 24.2 Å². The first-order valence-electron chi connectivity index (χ1n) is 9.97. The van der Waals surface area contributed by atoms with E-state index in [0.29, 0.717) is 0 Å². The predicted octanol–water partition coefficient (Wildman–Crippen LogP) is 3.28. The number of rotatable bonds is 8. The molecular formula is C23H26N2O5. The summed E-state index contributed by atoms with van der Waals surface area (Å²) >= 11 is 0. The van der Waals surface area contributed by atoms with Gasteiger partial charge in [0, 0.05) is 24.4 Å². The minimum Gasteiger partial charge on any atom is -0.481 e. The monoisotopic (exact) mass is 410 g/mol. The van der Waals surface area contributed by atoms with Crippen molar-refractivity contribution >= 4 is 18.0 Å². The van der Waals surface area contributed by atoms with Crippen LogP contribution in [0.1, 0.15) is 43.7 Å². The zero-order chi connectivity index (χ0) is 21.7. The molecule has 0 saturated carbocycles. The molecule has 2 aromatic rings. The molecule has 2 aromatic carbocycles. The lowest BCUT2D eigenvalue weighted by Gasteiger charge is -2.18. The lowest BCUT2D eigenvalue weighted by Crippen LogP contribution is -2.40. The van der Waals surface area contributed by atoms with E-state index in [0.717, 1.165) is 22.3 Å². The third-order valence-electron chi connectivity index (χ3n) is 5.09. The Hall–Kier alpha value is -3.35. The summed E-state index contributed by atoms with van der Waals surface area (Å²) in [5.74, 6) is -1.33. The average Bonchev–Trinajstić information content (AvgIpc) is 2.99. The number of carboxylic acids is 1. The molecule has 1 aliphatic carbocycles. The van der Waals surface area contributed by atoms with E-state index < -0.39 is 24.1 Å². The Kier molecular flexibility index (Phi) is 6.72. The molecule has 0 aromatic heterocycles. The Morgan fingerprint density at radius 2 is 1.43 bits per heavy atom. The molecule has 0 radical (unpaired) electrons. The largest absolute Gasteiger partial charge is 0.481 e. The van der Waals surface area contributed by atoms with Crippen molar-refractivity contribution in [2.75, 3.05) is 6.61 Å². The molecule has 0 aliphatic heterocycles. The van der Waals surface area contributed by atoms with Gasteiger partial charge in [0.2, 0.25) is 5.91 Å². The lowest BCUT2D eigenvalue weighted by molar-refractivity contribution is -0.137. The number of amides is 2. The van der Waals surface area contributed by atoms with Gasteiger partial charge in [-0.1, -0.05) is 48.5 Å². The van der Waals surface area contributed by atoms with Gasteiger partial charge in [-0.05, 0) is 36.1 Å². The van der Waals surface area contributed by atoms with E-state index >= 15 is 0 Å². The summed E-state index contributed by atoms with van der Waals surface area (Å²) in [6.45, 7) is 3.52. The second kappa shape index (κ2) is 9.43. The zero-order valence-electron chi connectivity index (χ0n) is 17.1. The van der Waals surface area contributed by atoms with Gasteiger partial charge >= 0.3 is 12.1 Å². The summed E-state index contributed by atoms with van der Waals surface area (Å²) in [4.78, 5) is 34.9. The third-order valence-corrected chi connectivity index (χ3v) is 5.09. The van der Waals surface area contributed by atoms with E-state index in [1.165, 1.54) is 0 Å². The highest BCUT2D eigenvalue weighted by atomic mass is 16.5. The molecule has 158 valence electrons. The summed E-state index contributed by atoms with van der Waals surface area (Å²) in [7, 11) is 0. The average molecular weight is 410 g/mol. The van der Waals surface area contributed by atoms with Gasteiger partial charge in [0.1, 0.15) is 6.61 Å².